The SMILES string of the molecule is Cc1cnn(CC2CN(C(=O)COc3cccc4c3OC(C)(C)C4)C2)c1. The molecule has 6 heteroatoms. The molecule has 2 aliphatic heterocycles. The first-order valence-electron chi connectivity index (χ1n) is 9.10. The summed E-state index contributed by atoms with van der Waals surface area (Å²) < 4.78 is 13.7. The third-order valence-electron chi connectivity index (χ3n) is 4.92. The highest BCUT2D eigenvalue weighted by atomic mass is 16.5. The molecule has 138 valence electrons. The lowest BCUT2D eigenvalue weighted by Crippen LogP contribution is -2.52. The molecule has 0 N–H and O–H groups in total. The van der Waals surface area contributed by atoms with Crippen molar-refractivity contribution < 1.29 is 14.3 Å². The second kappa shape index (κ2) is 6.34. The van der Waals surface area contributed by atoms with Gasteiger partial charge in [-0.05, 0) is 32.4 Å². The average Bonchev–Trinajstić information content (AvgIpc) is 3.09. The summed E-state index contributed by atoms with van der Waals surface area (Å²) in [6, 6.07) is 5.87. The quantitative estimate of drug-likeness (QED) is 0.827. The van der Waals surface area contributed by atoms with E-state index in [9.17, 15) is 4.79 Å². The zero-order chi connectivity index (χ0) is 18.3. The molecule has 0 bridgehead atoms. The summed E-state index contributed by atoms with van der Waals surface area (Å²) in [6.45, 7) is 8.57. The lowest BCUT2D eigenvalue weighted by Gasteiger charge is -2.39. The molecule has 1 aromatic carbocycles. The summed E-state index contributed by atoms with van der Waals surface area (Å²) in [5, 5.41) is 4.30. The first kappa shape index (κ1) is 16.9. The summed E-state index contributed by atoms with van der Waals surface area (Å²) in [5.74, 6) is 1.92. The van der Waals surface area contributed by atoms with Gasteiger partial charge in [-0.1, -0.05) is 12.1 Å². The fourth-order valence-corrected chi connectivity index (χ4v) is 3.65. The number of hydrogen-bond donors (Lipinski definition) is 0. The largest absolute Gasteiger partial charge is 0.483 e. The van der Waals surface area contributed by atoms with Crippen LogP contribution in [-0.2, 0) is 17.8 Å². The van der Waals surface area contributed by atoms with Gasteiger partial charge in [-0.25, -0.2) is 0 Å². The maximum absolute atomic E-state index is 12.4. The zero-order valence-electron chi connectivity index (χ0n) is 15.6. The molecule has 0 spiro atoms. The van der Waals surface area contributed by atoms with Crippen LogP contribution in [0.5, 0.6) is 11.5 Å². The van der Waals surface area contributed by atoms with Gasteiger partial charge in [-0.2, -0.15) is 5.10 Å². The maximum atomic E-state index is 12.4. The normalized spacial score (nSPS) is 18.2. The molecule has 1 amide bonds. The van der Waals surface area contributed by atoms with Gasteiger partial charge in [-0.3, -0.25) is 9.48 Å². The standard InChI is InChI=1S/C20H25N3O3/c1-14-8-21-23(9-14)12-15-10-22(11-15)18(24)13-25-17-6-4-5-16-7-20(2,3)26-19(16)17/h4-6,8-9,15H,7,10-13H2,1-3H3. The Bertz CT molecular complexity index is 821. The van der Waals surface area contributed by atoms with Gasteiger partial charge < -0.3 is 14.4 Å². The van der Waals surface area contributed by atoms with Crippen LogP contribution >= 0.6 is 0 Å². The van der Waals surface area contributed by atoms with E-state index >= 15 is 0 Å². The highest BCUT2D eigenvalue weighted by Crippen LogP contribution is 2.41. The van der Waals surface area contributed by atoms with Crippen LogP contribution in [0.2, 0.25) is 0 Å². The van der Waals surface area contributed by atoms with Gasteiger partial charge in [0, 0.05) is 43.7 Å². The molecule has 1 aromatic heterocycles. The number of fused-ring (bicyclic) bond motifs is 1. The van der Waals surface area contributed by atoms with E-state index in [4.69, 9.17) is 9.47 Å². The minimum atomic E-state index is -0.221. The van der Waals surface area contributed by atoms with Crippen LogP contribution in [0.25, 0.3) is 0 Å². The molecule has 6 nitrogen and oxygen atoms in total. The highest BCUT2D eigenvalue weighted by molar-refractivity contribution is 5.78. The molecule has 4 rings (SSSR count). The third-order valence-corrected chi connectivity index (χ3v) is 4.92. The van der Waals surface area contributed by atoms with Gasteiger partial charge in [0.15, 0.2) is 18.1 Å². The Hall–Kier alpha value is -2.50. The Morgan fingerprint density at radius 1 is 1.38 bits per heavy atom. The van der Waals surface area contributed by atoms with E-state index in [1.54, 1.807) is 0 Å². The number of benzene rings is 1. The van der Waals surface area contributed by atoms with Crippen LogP contribution in [0.15, 0.2) is 30.6 Å². The van der Waals surface area contributed by atoms with Crippen molar-refractivity contribution in [3.05, 3.63) is 41.7 Å². The van der Waals surface area contributed by atoms with Gasteiger partial charge in [0.2, 0.25) is 0 Å². The lowest BCUT2D eigenvalue weighted by atomic mass is 10.0. The van der Waals surface area contributed by atoms with E-state index in [-0.39, 0.29) is 18.1 Å². The summed E-state index contributed by atoms with van der Waals surface area (Å²) in [4.78, 5) is 14.2. The van der Waals surface area contributed by atoms with Gasteiger partial charge in [-0.15, -0.1) is 0 Å². The van der Waals surface area contributed by atoms with Gasteiger partial charge in [0.25, 0.3) is 5.91 Å². The molecular weight excluding hydrogens is 330 g/mol. The van der Waals surface area contributed by atoms with Crippen molar-refractivity contribution in [2.45, 2.75) is 39.3 Å². The van der Waals surface area contributed by atoms with Crippen LogP contribution in [0.1, 0.15) is 25.0 Å². The molecule has 0 radical (unpaired) electrons. The van der Waals surface area contributed by atoms with E-state index in [1.165, 1.54) is 0 Å². The van der Waals surface area contributed by atoms with E-state index in [0.717, 1.165) is 42.9 Å². The monoisotopic (exact) mass is 355 g/mol. The number of hydrogen-bond acceptors (Lipinski definition) is 4. The fraction of sp³-hybridized carbons (Fsp3) is 0.500. The van der Waals surface area contributed by atoms with Crippen LogP contribution < -0.4 is 9.47 Å². The number of nitrogens with zero attached hydrogens (tertiary/aromatic N) is 3. The number of ether oxygens (including phenoxy) is 2. The Labute approximate surface area is 153 Å². The number of aryl methyl sites for hydroxylation is 1. The van der Waals surface area contributed by atoms with Crippen molar-refractivity contribution in [3.63, 3.8) is 0 Å². The van der Waals surface area contributed by atoms with E-state index in [1.807, 2.05) is 41.0 Å². The summed E-state index contributed by atoms with van der Waals surface area (Å²) in [5.41, 5.74) is 2.08. The molecule has 2 aromatic rings. The topological polar surface area (TPSA) is 56.6 Å². The van der Waals surface area contributed by atoms with Crippen molar-refractivity contribution >= 4 is 5.91 Å². The lowest BCUT2D eigenvalue weighted by molar-refractivity contribution is -0.140. The fourth-order valence-electron chi connectivity index (χ4n) is 3.65. The summed E-state index contributed by atoms with van der Waals surface area (Å²) >= 11 is 0. The molecular formula is C20H25N3O3. The van der Waals surface area contributed by atoms with Crippen LogP contribution in [0, 0.1) is 12.8 Å². The van der Waals surface area contributed by atoms with Gasteiger partial charge in [0.1, 0.15) is 5.60 Å². The van der Waals surface area contributed by atoms with Crippen molar-refractivity contribution in [1.82, 2.24) is 14.7 Å². The van der Waals surface area contributed by atoms with Crippen molar-refractivity contribution in [2.24, 2.45) is 5.92 Å². The molecule has 2 aliphatic rings. The number of rotatable bonds is 5. The predicted octanol–water partition coefficient (Wildman–Crippen LogP) is 2.44. The molecule has 3 heterocycles. The highest BCUT2D eigenvalue weighted by Gasteiger charge is 2.34. The van der Waals surface area contributed by atoms with Crippen molar-refractivity contribution in [3.8, 4) is 11.5 Å². The Kier molecular flexibility index (Phi) is 4.13. The number of aromatic nitrogens is 2. The van der Waals surface area contributed by atoms with Crippen LogP contribution in [0.4, 0.5) is 0 Å². The molecule has 0 saturated carbocycles. The number of carbonyl (C=O) groups is 1. The third kappa shape index (κ3) is 3.41. The number of carbonyl (C=O) groups excluding carboxylic acids is 1. The number of amides is 1. The summed E-state index contributed by atoms with van der Waals surface area (Å²) in [6.07, 6.45) is 4.75. The molecule has 1 saturated heterocycles. The second-order valence-electron chi connectivity index (χ2n) is 7.98. The first-order chi connectivity index (χ1) is 12.4. The number of likely N-dealkylation sites (tertiary alicyclic amines) is 1. The minimum Gasteiger partial charge on any atom is -0.483 e. The van der Waals surface area contributed by atoms with E-state index in [2.05, 4.69) is 25.0 Å². The molecule has 1 fully saturated rings. The molecule has 0 aliphatic carbocycles. The average molecular weight is 355 g/mol. The summed E-state index contributed by atoms with van der Waals surface area (Å²) in [7, 11) is 0. The van der Waals surface area contributed by atoms with Gasteiger partial charge >= 0.3 is 0 Å². The predicted molar refractivity (Wildman–Crippen MR) is 97.4 cm³/mol. The molecule has 0 unspecified atom stereocenters. The Morgan fingerprint density at radius 2 is 2.19 bits per heavy atom. The van der Waals surface area contributed by atoms with E-state index < -0.39 is 0 Å². The van der Waals surface area contributed by atoms with Crippen molar-refractivity contribution in [1.29, 1.82) is 0 Å². The smallest absolute Gasteiger partial charge is 0.260 e. The van der Waals surface area contributed by atoms with Crippen molar-refractivity contribution in [2.75, 3.05) is 19.7 Å². The maximum Gasteiger partial charge on any atom is 0.260 e. The van der Waals surface area contributed by atoms with Gasteiger partial charge in [0.05, 0.1) is 6.20 Å². The molecule has 26 heavy (non-hydrogen) atoms. The zero-order valence-corrected chi connectivity index (χ0v) is 15.6. The van der Waals surface area contributed by atoms with Crippen LogP contribution in [-0.4, -0.2) is 45.9 Å². The van der Waals surface area contributed by atoms with Crippen LogP contribution in [0.3, 0.4) is 0 Å². The minimum absolute atomic E-state index is 0.0211. The number of para-hydroxylation sites is 1. The van der Waals surface area contributed by atoms with E-state index in [0.29, 0.717) is 11.7 Å². The first-order valence-corrected chi connectivity index (χ1v) is 9.10. The Morgan fingerprint density at radius 3 is 2.92 bits per heavy atom. The Balaban J connectivity index is 1.28. The second-order valence-corrected chi connectivity index (χ2v) is 7.98. The molecule has 0 atom stereocenters.